The summed E-state index contributed by atoms with van der Waals surface area (Å²) >= 11 is 0. The van der Waals surface area contributed by atoms with E-state index >= 15 is 0 Å². The van der Waals surface area contributed by atoms with Gasteiger partial charge in [0.25, 0.3) is 5.91 Å². The molecule has 110 valence electrons. The van der Waals surface area contributed by atoms with E-state index < -0.39 is 0 Å². The number of hydrazone groups is 1. The summed E-state index contributed by atoms with van der Waals surface area (Å²) in [5, 5.41) is 4.30. The summed E-state index contributed by atoms with van der Waals surface area (Å²) in [4.78, 5) is 12.1. The molecule has 0 aliphatic heterocycles. The monoisotopic (exact) mass is 282 g/mol. The van der Waals surface area contributed by atoms with Crippen LogP contribution in [0, 0.1) is 11.8 Å². The van der Waals surface area contributed by atoms with Crippen LogP contribution in [0.25, 0.3) is 0 Å². The third-order valence-corrected chi connectivity index (χ3v) is 4.48. The van der Waals surface area contributed by atoms with E-state index in [4.69, 9.17) is 0 Å². The van der Waals surface area contributed by atoms with Crippen molar-refractivity contribution in [3.8, 4) is 0 Å². The minimum absolute atomic E-state index is 0.103. The first kappa shape index (κ1) is 14.1. The first-order valence-corrected chi connectivity index (χ1v) is 7.59. The molecule has 1 fully saturated rings. The van der Waals surface area contributed by atoms with Crippen LogP contribution in [-0.2, 0) is 5.41 Å². The van der Waals surface area contributed by atoms with Crippen molar-refractivity contribution in [2.45, 2.75) is 39.0 Å². The van der Waals surface area contributed by atoms with E-state index in [9.17, 15) is 4.79 Å². The van der Waals surface area contributed by atoms with E-state index in [1.165, 1.54) is 5.56 Å². The Morgan fingerprint density at radius 1 is 1.24 bits per heavy atom. The van der Waals surface area contributed by atoms with E-state index in [-0.39, 0.29) is 11.3 Å². The first-order valence-electron chi connectivity index (χ1n) is 7.59. The zero-order chi connectivity index (χ0) is 15.0. The molecular weight excluding hydrogens is 260 g/mol. The summed E-state index contributed by atoms with van der Waals surface area (Å²) in [6.07, 6.45) is 6.53. The molecule has 1 aromatic carbocycles. The lowest BCUT2D eigenvalue weighted by atomic mass is 9.74. The molecule has 3 heteroatoms. The van der Waals surface area contributed by atoms with Crippen molar-refractivity contribution in [3.05, 3.63) is 47.5 Å². The number of hydrogen-bond acceptors (Lipinski definition) is 2. The molecule has 2 aliphatic carbocycles. The quantitative estimate of drug-likeness (QED) is 0.652. The highest BCUT2D eigenvalue weighted by molar-refractivity contribution is 5.98. The maximum atomic E-state index is 12.1. The van der Waals surface area contributed by atoms with E-state index in [1.807, 2.05) is 24.3 Å². The molecule has 0 bridgehead atoms. The number of nitrogens with zero attached hydrogens (tertiary/aromatic N) is 1. The predicted octanol–water partition coefficient (Wildman–Crippen LogP) is 3.67. The Bertz CT molecular complexity index is 605. The van der Waals surface area contributed by atoms with Gasteiger partial charge in [0.2, 0.25) is 0 Å². The van der Waals surface area contributed by atoms with Gasteiger partial charge in [-0.15, -0.1) is 0 Å². The fraction of sp³-hybridized carbons (Fsp3) is 0.444. The van der Waals surface area contributed by atoms with Gasteiger partial charge in [0.1, 0.15) is 0 Å². The first-order chi connectivity index (χ1) is 9.95. The SMILES string of the molecule is CC(C)(C)c1ccc(C(=O)N/N=C2\C[C@H]3C=CC[C@H]23)cc1. The highest BCUT2D eigenvalue weighted by Gasteiger charge is 2.38. The minimum Gasteiger partial charge on any atom is -0.267 e. The lowest BCUT2D eigenvalue weighted by Gasteiger charge is -2.31. The summed E-state index contributed by atoms with van der Waals surface area (Å²) in [6, 6.07) is 7.78. The van der Waals surface area contributed by atoms with Crippen molar-refractivity contribution < 1.29 is 4.79 Å². The Labute approximate surface area is 126 Å². The van der Waals surface area contributed by atoms with E-state index in [2.05, 4.69) is 43.5 Å². The third-order valence-electron chi connectivity index (χ3n) is 4.48. The van der Waals surface area contributed by atoms with Crippen molar-refractivity contribution >= 4 is 11.6 Å². The predicted molar refractivity (Wildman–Crippen MR) is 85.4 cm³/mol. The molecule has 21 heavy (non-hydrogen) atoms. The Hall–Kier alpha value is -1.90. The summed E-state index contributed by atoms with van der Waals surface area (Å²) in [5.74, 6) is 1.07. The van der Waals surface area contributed by atoms with E-state index in [0.29, 0.717) is 17.4 Å². The van der Waals surface area contributed by atoms with Crippen molar-refractivity contribution in [1.82, 2.24) is 5.43 Å². The largest absolute Gasteiger partial charge is 0.271 e. The van der Waals surface area contributed by atoms with Crippen LogP contribution in [0.15, 0.2) is 41.5 Å². The maximum Gasteiger partial charge on any atom is 0.271 e. The Kier molecular flexibility index (Phi) is 3.44. The van der Waals surface area contributed by atoms with Gasteiger partial charge in [0, 0.05) is 17.2 Å². The number of hydrogen-bond donors (Lipinski definition) is 1. The summed E-state index contributed by atoms with van der Waals surface area (Å²) in [7, 11) is 0. The molecular formula is C18H22N2O. The number of fused-ring (bicyclic) bond motifs is 1. The van der Waals surface area contributed by atoms with Gasteiger partial charge >= 0.3 is 0 Å². The standard InChI is InChI=1S/C18H22N2O/c1-18(2,3)14-9-7-12(8-10-14)17(21)20-19-16-11-13-5-4-6-15(13)16/h4-5,7-10,13,15H,6,11H2,1-3H3,(H,20,21)/b19-16+/t13-,15+/m1/s1. The molecule has 1 saturated carbocycles. The van der Waals surface area contributed by atoms with Crippen molar-refractivity contribution in [2.24, 2.45) is 16.9 Å². The fourth-order valence-corrected chi connectivity index (χ4v) is 2.97. The second-order valence-electron chi connectivity index (χ2n) is 7.01. The Balaban J connectivity index is 1.62. The van der Waals surface area contributed by atoms with Gasteiger partial charge in [0.05, 0.1) is 0 Å². The zero-order valence-electron chi connectivity index (χ0n) is 12.9. The smallest absolute Gasteiger partial charge is 0.267 e. The summed E-state index contributed by atoms with van der Waals surface area (Å²) in [5.41, 5.74) is 5.81. The molecule has 3 rings (SSSR count). The number of carbonyl (C=O) groups excluding carboxylic acids is 1. The number of rotatable bonds is 2. The number of nitrogens with one attached hydrogen (secondary N) is 1. The van der Waals surface area contributed by atoms with Gasteiger partial charge in [-0.2, -0.15) is 5.10 Å². The minimum atomic E-state index is -0.127. The average Bonchev–Trinajstić information content (AvgIpc) is 2.79. The normalized spacial score (nSPS) is 25.6. The topological polar surface area (TPSA) is 41.5 Å². The van der Waals surface area contributed by atoms with Crippen LogP contribution in [0.3, 0.4) is 0 Å². The summed E-state index contributed by atoms with van der Waals surface area (Å²) < 4.78 is 0. The van der Waals surface area contributed by atoms with Crippen LogP contribution in [0.1, 0.15) is 49.5 Å². The van der Waals surface area contributed by atoms with Gasteiger partial charge in [-0.05, 0) is 41.9 Å². The Morgan fingerprint density at radius 2 is 1.95 bits per heavy atom. The number of allylic oxidation sites excluding steroid dienone is 2. The maximum absolute atomic E-state index is 12.1. The number of benzene rings is 1. The van der Waals surface area contributed by atoms with Crippen LogP contribution in [0.5, 0.6) is 0 Å². The van der Waals surface area contributed by atoms with Crippen LogP contribution in [0.2, 0.25) is 0 Å². The van der Waals surface area contributed by atoms with Crippen LogP contribution >= 0.6 is 0 Å². The van der Waals surface area contributed by atoms with Gasteiger partial charge in [-0.1, -0.05) is 45.1 Å². The molecule has 1 amide bonds. The van der Waals surface area contributed by atoms with Crippen LogP contribution in [0.4, 0.5) is 0 Å². The van der Waals surface area contributed by atoms with Crippen LogP contribution in [-0.4, -0.2) is 11.6 Å². The zero-order valence-corrected chi connectivity index (χ0v) is 12.9. The van der Waals surface area contributed by atoms with E-state index in [1.54, 1.807) is 0 Å². The number of amides is 1. The third kappa shape index (κ3) is 2.78. The van der Waals surface area contributed by atoms with Gasteiger partial charge in [0.15, 0.2) is 0 Å². The second-order valence-corrected chi connectivity index (χ2v) is 7.01. The van der Waals surface area contributed by atoms with Crippen LogP contribution < -0.4 is 5.43 Å². The lowest BCUT2D eigenvalue weighted by Crippen LogP contribution is -2.35. The van der Waals surface area contributed by atoms with Gasteiger partial charge < -0.3 is 0 Å². The highest BCUT2D eigenvalue weighted by atomic mass is 16.2. The van der Waals surface area contributed by atoms with Gasteiger partial charge in [-0.3, -0.25) is 4.79 Å². The molecule has 0 unspecified atom stereocenters. The fourth-order valence-electron chi connectivity index (χ4n) is 2.97. The van der Waals surface area contributed by atoms with E-state index in [0.717, 1.165) is 18.6 Å². The second kappa shape index (κ2) is 5.14. The summed E-state index contributed by atoms with van der Waals surface area (Å²) in [6.45, 7) is 6.49. The molecule has 0 spiro atoms. The molecule has 0 heterocycles. The Morgan fingerprint density at radius 3 is 2.57 bits per heavy atom. The van der Waals surface area contributed by atoms with Crippen molar-refractivity contribution in [2.75, 3.05) is 0 Å². The lowest BCUT2D eigenvalue weighted by molar-refractivity contribution is 0.0954. The molecule has 0 radical (unpaired) electrons. The highest BCUT2D eigenvalue weighted by Crippen LogP contribution is 2.40. The molecule has 1 N–H and O–H groups in total. The van der Waals surface area contributed by atoms with Crippen molar-refractivity contribution in [1.29, 1.82) is 0 Å². The molecule has 3 nitrogen and oxygen atoms in total. The van der Waals surface area contributed by atoms with Gasteiger partial charge in [-0.25, -0.2) is 5.43 Å². The molecule has 1 aromatic rings. The molecule has 0 aromatic heterocycles. The molecule has 2 atom stereocenters. The average molecular weight is 282 g/mol. The van der Waals surface area contributed by atoms with Crippen molar-refractivity contribution in [3.63, 3.8) is 0 Å². The number of carbonyl (C=O) groups is 1. The molecule has 2 aliphatic rings. The molecule has 0 saturated heterocycles.